The molecule has 0 bridgehead atoms. The molecule has 0 aromatic carbocycles. The van der Waals surface area contributed by atoms with Crippen molar-refractivity contribution in [3.8, 4) is 0 Å². The first kappa shape index (κ1) is 55.8. The Hall–Kier alpha value is -4.19. The van der Waals surface area contributed by atoms with E-state index in [4.69, 9.17) is 14.2 Å². The zero-order chi connectivity index (χ0) is 43.7. The lowest BCUT2D eigenvalue weighted by Gasteiger charge is -2.18. The maximum absolute atomic E-state index is 12.7. The average molecular weight is 829 g/mol. The standard InChI is InChI=1S/C54H84O6/c1-4-7-10-13-16-19-22-25-27-30-32-35-38-41-44-47-53(56)59-50-51(49-58-52(55)46-43-40-37-34-31-28-24-21-18-15-12-9-6-3)60-54(57)48-45-42-39-36-33-29-26-23-20-17-14-11-8-5-2/h7,9-10,12-13,15-16,18-19,21-22,24-25,27-29,31,33-34,37,51H,4-6,8,11,14,17,20,23,26,30,32,35-36,38-50H2,1-3H3/b10-7+,12-9+,16-13+,18-15+,22-19+,24-21+,27-25+,31-28+,33-29+,37-34+. The summed E-state index contributed by atoms with van der Waals surface area (Å²) >= 11 is 0. The molecule has 0 N–H and O–H groups in total. The molecular weight excluding hydrogens is 745 g/mol. The highest BCUT2D eigenvalue weighted by atomic mass is 16.6. The van der Waals surface area contributed by atoms with Gasteiger partial charge in [0.1, 0.15) is 13.2 Å². The first-order chi connectivity index (χ1) is 29.5. The van der Waals surface area contributed by atoms with Crippen LogP contribution in [0.25, 0.3) is 0 Å². The van der Waals surface area contributed by atoms with Crippen LogP contribution in [-0.2, 0) is 28.6 Å². The summed E-state index contributed by atoms with van der Waals surface area (Å²) in [5, 5.41) is 0. The SMILES string of the molecule is CC/C=C/C=C/C=C/C=C/C=C/CCCC(=O)OCC(COC(=O)CCCCCCC/C=C/C=C/C=C/C=C/CC)OC(=O)CCCCC/C=C/CCCCCCCCC. The van der Waals surface area contributed by atoms with Gasteiger partial charge in [0.15, 0.2) is 6.10 Å². The molecular formula is C54H84O6. The lowest BCUT2D eigenvalue weighted by atomic mass is 10.1. The third-order valence-electron chi connectivity index (χ3n) is 9.40. The second-order valence-electron chi connectivity index (χ2n) is 15.1. The summed E-state index contributed by atoms with van der Waals surface area (Å²) < 4.78 is 16.6. The van der Waals surface area contributed by atoms with Gasteiger partial charge in [-0.1, -0.05) is 206 Å². The summed E-state index contributed by atoms with van der Waals surface area (Å²) in [6.45, 7) is 6.22. The van der Waals surface area contributed by atoms with Gasteiger partial charge in [0, 0.05) is 19.3 Å². The summed E-state index contributed by atoms with van der Waals surface area (Å²) in [7, 11) is 0. The number of ether oxygens (including phenoxy) is 3. The van der Waals surface area contributed by atoms with Crippen molar-refractivity contribution >= 4 is 17.9 Å². The first-order valence-corrected chi connectivity index (χ1v) is 23.7. The second-order valence-corrected chi connectivity index (χ2v) is 15.1. The molecule has 0 fully saturated rings. The van der Waals surface area contributed by atoms with E-state index in [1.54, 1.807) is 0 Å². The van der Waals surface area contributed by atoms with Gasteiger partial charge in [-0.25, -0.2) is 0 Å². The topological polar surface area (TPSA) is 78.9 Å². The van der Waals surface area contributed by atoms with Crippen molar-refractivity contribution in [3.05, 3.63) is 122 Å². The zero-order valence-electron chi connectivity index (χ0n) is 38.2. The summed E-state index contributed by atoms with van der Waals surface area (Å²) in [6, 6.07) is 0. The van der Waals surface area contributed by atoms with E-state index in [0.29, 0.717) is 12.8 Å². The van der Waals surface area contributed by atoms with Crippen LogP contribution in [0.5, 0.6) is 0 Å². The van der Waals surface area contributed by atoms with Crippen LogP contribution in [0.1, 0.15) is 181 Å². The van der Waals surface area contributed by atoms with Crippen molar-refractivity contribution in [2.24, 2.45) is 0 Å². The lowest BCUT2D eigenvalue weighted by molar-refractivity contribution is -0.167. The van der Waals surface area contributed by atoms with Crippen molar-refractivity contribution in [2.75, 3.05) is 13.2 Å². The molecule has 0 heterocycles. The zero-order valence-corrected chi connectivity index (χ0v) is 38.2. The predicted octanol–water partition coefficient (Wildman–Crippen LogP) is 15.4. The highest BCUT2D eigenvalue weighted by Gasteiger charge is 2.19. The molecule has 6 nitrogen and oxygen atoms in total. The van der Waals surface area contributed by atoms with Gasteiger partial charge in [-0.15, -0.1) is 0 Å². The van der Waals surface area contributed by atoms with Gasteiger partial charge in [-0.3, -0.25) is 14.4 Å². The van der Waals surface area contributed by atoms with Crippen LogP contribution < -0.4 is 0 Å². The lowest BCUT2D eigenvalue weighted by Crippen LogP contribution is -2.30. The van der Waals surface area contributed by atoms with Crippen LogP contribution in [0.15, 0.2) is 122 Å². The number of carbonyl (C=O) groups is 3. The molecule has 6 heteroatoms. The molecule has 0 aromatic heterocycles. The monoisotopic (exact) mass is 829 g/mol. The van der Waals surface area contributed by atoms with Crippen LogP contribution in [0.3, 0.4) is 0 Å². The third-order valence-corrected chi connectivity index (χ3v) is 9.40. The highest BCUT2D eigenvalue weighted by molar-refractivity contribution is 5.71. The minimum Gasteiger partial charge on any atom is -0.462 e. The van der Waals surface area contributed by atoms with Gasteiger partial charge in [-0.05, 0) is 77.0 Å². The summed E-state index contributed by atoms with van der Waals surface area (Å²) in [5.74, 6) is -1.05. The van der Waals surface area contributed by atoms with Crippen molar-refractivity contribution < 1.29 is 28.6 Å². The number of hydrogen-bond acceptors (Lipinski definition) is 6. The number of esters is 3. The molecule has 0 aliphatic carbocycles. The van der Waals surface area contributed by atoms with Gasteiger partial charge in [-0.2, -0.15) is 0 Å². The van der Waals surface area contributed by atoms with Gasteiger partial charge in [0.2, 0.25) is 0 Å². The van der Waals surface area contributed by atoms with E-state index in [1.807, 2.05) is 79.0 Å². The van der Waals surface area contributed by atoms with Gasteiger partial charge < -0.3 is 14.2 Å². The number of allylic oxidation sites excluding steroid dienone is 20. The Morgan fingerprint density at radius 2 is 0.683 bits per heavy atom. The second kappa shape index (κ2) is 47.5. The summed E-state index contributed by atoms with van der Waals surface area (Å²) in [6.07, 6.45) is 64.7. The molecule has 0 spiro atoms. The molecule has 336 valence electrons. The Morgan fingerprint density at radius 1 is 0.350 bits per heavy atom. The quantitative estimate of drug-likeness (QED) is 0.0201. The van der Waals surface area contributed by atoms with Crippen molar-refractivity contribution in [2.45, 2.75) is 187 Å². The molecule has 0 amide bonds. The molecule has 1 atom stereocenters. The molecule has 0 radical (unpaired) electrons. The molecule has 0 saturated carbocycles. The predicted molar refractivity (Wildman–Crippen MR) is 256 cm³/mol. The maximum atomic E-state index is 12.7. The fraction of sp³-hybridized carbons (Fsp3) is 0.574. The van der Waals surface area contributed by atoms with E-state index >= 15 is 0 Å². The fourth-order valence-electron chi connectivity index (χ4n) is 5.89. The first-order valence-electron chi connectivity index (χ1n) is 23.7. The Kier molecular flexibility index (Phi) is 44.2. The Labute approximate surface area is 367 Å². The van der Waals surface area contributed by atoms with Crippen LogP contribution >= 0.6 is 0 Å². The fourth-order valence-corrected chi connectivity index (χ4v) is 5.89. The van der Waals surface area contributed by atoms with Gasteiger partial charge in [0.25, 0.3) is 0 Å². The molecule has 60 heavy (non-hydrogen) atoms. The van der Waals surface area contributed by atoms with Crippen LogP contribution in [0.4, 0.5) is 0 Å². The Bertz CT molecular complexity index is 1320. The van der Waals surface area contributed by atoms with Crippen molar-refractivity contribution in [1.82, 2.24) is 0 Å². The highest BCUT2D eigenvalue weighted by Crippen LogP contribution is 2.12. The number of unbranched alkanes of at least 4 members (excludes halogenated alkanes) is 16. The summed E-state index contributed by atoms with van der Waals surface area (Å²) in [4.78, 5) is 37.8. The molecule has 1 unspecified atom stereocenters. The summed E-state index contributed by atoms with van der Waals surface area (Å²) in [5.41, 5.74) is 0. The normalized spacial score (nSPS) is 13.2. The van der Waals surface area contributed by atoms with E-state index in [-0.39, 0.29) is 44.0 Å². The Morgan fingerprint density at radius 3 is 1.15 bits per heavy atom. The molecule has 0 aromatic rings. The van der Waals surface area contributed by atoms with E-state index in [9.17, 15) is 14.4 Å². The van der Waals surface area contributed by atoms with Gasteiger partial charge in [0.05, 0.1) is 0 Å². The largest absolute Gasteiger partial charge is 0.462 e. The third kappa shape index (κ3) is 44.9. The minimum atomic E-state index is -0.826. The minimum absolute atomic E-state index is 0.123. The van der Waals surface area contributed by atoms with Crippen LogP contribution in [0.2, 0.25) is 0 Å². The maximum Gasteiger partial charge on any atom is 0.306 e. The van der Waals surface area contributed by atoms with Crippen molar-refractivity contribution in [3.63, 3.8) is 0 Å². The average Bonchev–Trinajstić information content (AvgIpc) is 3.24. The Balaban J connectivity index is 4.58. The number of rotatable bonds is 40. The number of carbonyl (C=O) groups excluding carboxylic acids is 3. The van der Waals surface area contributed by atoms with Crippen LogP contribution in [-0.4, -0.2) is 37.2 Å². The smallest absolute Gasteiger partial charge is 0.306 e. The molecule has 0 saturated heterocycles. The molecule has 0 aliphatic heterocycles. The van der Waals surface area contributed by atoms with Crippen molar-refractivity contribution in [1.29, 1.82) is 0 Å². The molecule has 0 aliphatic rings. The number of hydrogen-bond donors (Lipinski definition) is 0. The van der Waals surface area contributed by atoms with E-state index < -0.39 is 6.10 Å². The van der Waals surface area contributed by atoms with Gasteiger partial charge >= 0.3 is 17.9 Å². The van der Waals surface area contributed by atoms with E-state index in [0.717, 1.165) is 89.9 Å². The van der Waals surface area contributed by atoms with E-state index in [2.05, 4.69) is 63.3 Å². The van der Waals surface area contributed by atoms with Crippen LogP contribution in [0, 0.1) is 0 Å². The molecule has 0 rings (SSSR count). The van der Waals surface area contributed by atoms with E-state index in [1.165, 1.54) is 44.9 Å².